The highest BCUT2D eigenvalue weighted by Gasteiger charge is 2.12. The molecule has 152 valence electrons. The number of fused-ring (bicyclic) bond motifs is 1. The third-order valence-corrected chi connectivity index (χ3v) is 4.58. The van der Waals surface area contributed by atoms with Gasteiger partial charge in [0.2, 0.25) is 11.8 Å². The summed E-state index contributed by atoms with van der Waals surface area (Å²) in [6.45, 7) is 1.94. The van der Waals surface area contributed by atoms with E-state index in [2.05, 4.69) is 30.7 Å². The van der Waals surface area contributed by atoms with Gasteiger partial charge in [0.25, 0.3) is 0 Å². The highest BCUT2D eigenvalue weighted by Crippen LogP contribution is 2.23. The van der Waals surface area contributed by atoms with Gasteiger partial charge in [-0.3, -0.25) is 0 Å². The lowest BCUT2D eigenvalue weighted by Crippen LogP contribution is -2.06. The Hall–Kier alpha value is -4.53. The first kappa shape index (κ1) is 18.5. The molecule has 5 rings (SSSR count). The standard InChI is InChI=1S/C22H19N9/c1-14-4-2-5-17(25-14)20-29-21(18-6-3-13-31(18)30-20)27-19-11-12-24-22(28-19)26-16-9-7-15(23)8-10-16/h2-13H,23H2,1H3,(H2,24,26,27,28,29,30). The molecule has 0 unspecified atom stereocenters. The summed E-state index contributed by atoms with van der Waals surface area (Å²) in [6, 6.07) is 18.8. The molecule has 0 aliphatic rings. The van der Waals surface area contributed by atoms with Crippen LogP contribution in [0.5, 0.6) is 0 Å². The van der Waals surface area contributed by atoms with E-state index in [1.807, 2.05) is 67.7 Å². The van der Waals surface area contributed by atoms with E-state index in [4.69, 9.17) is 10.7 Å². The largest absolute Gasteiger partial charge is 0.399 e. The van der Waals surface area contributed by atoms with Gasteiger partial charge in [0.15, 0.2) is 5.82 Å². The molecule has 0 aliphatic heterocycles. The molecule has 9 heteroatoms. The molecule has 0 aliphatic carbocycles. The summed E-state index contributed by atoms with van der Waals surface area (Å²) in [5.41, 5.74) is 9.70. The van der Waals surface area contributed by atoms with E-state index in [-0.39, 0.29) is 0 Å². The maximum atomic E-state index is 5.74. The second kappa shape index (κ2) is 7.71. The van der Waals surface area contributed by atoms with E-state index < -0.39 is 0 Å². The van der Waals surface area contributed by atoms with Gasteiger partial charge < -0.3 is 16.4 Å². The van der Waals surface area contributed by atoms with Crippen LogP contribution in [0.1, 0.15) is 5.69 Å². The number of nitrogen functional groups attached to an aromatic ring is 1. The topological polar surface area (TPSA) is 119 Å². The molecule has 4 aromatic heterocycles. The molecule has 4 N–H and O–H groups in total. The molecule has 5 aromatic rings. The predicted octanol–water partition coefficient (Wildman–Crippen LogP) is 3.96. The Morgan fingerprint density at radius 3 is 2.58 bits per heavy atom. The second-order valence-electron chi connectivity index (χ2n) is 6.92. The number of anilines is 5. The molecule has 0 amide bonds. The molecule has 4 heterocycles. The van der Waals surface area contributed by atoms with Crippen LogP contribution in [0.2, 0.25) is 0 Å². The van der Waals surface area contributed by atoms with Crippen molar-refractivity contribution in [1.29, 1.82) is 0 Å². The zero-order chi connectivity index (χ0) is 21.2. The van der Waals surface area contributed by atoms with Gasteiger partial charge in [-0.15, -0.1) is 5.10 Å². The molecule has 0 bridgehead atoms. The summed E-state index contributed by atoms with van der Waals surface area (Å²) in [4.78, 5) is 18.1. The van der Waals surface area contributed by atoms with Gasteiger partial charge in [-0.25, -0.2) is 19.5 Å². The molecule has 0 saturated heterocycles. The van der Waals surface area contributed by atoms with E-state index in [1.165, 1.54) is 0 Å². The number of aryl methyl sites for hydroxylation is 1. The molecular formula is C22H19N9. The third-order valence-electron chi connectivity index (χ3n) is 4.58. The van der Waals surface area contributed by atoms with Crippen LogP contribution in [-0.4, -0.2) is 29.5 Å². The molecule has 0 spiro atoms. The molecule has 1 aromatic carbocycles. The number of aromatic nitrogens is 6. The van der Waals surface area contributed by atoms with Crippen molar-refractivity contribution in [1.82, 2.24) is 29.5 Å². The van der Waals surface area contributed by atoms with Crippen molar-refractivity contribution in [3.05, 3.63) is 78.8 Å². The van der Waals surface area contributed by atoms with Crippen LogP contribution in [0.15, 0.2) is 73.1 Å². The predicted molar refractivity (Wildman–Crippen MR) is 120 cm³/mol. The zero-order valence-corrected chi connectivity index (χ0v) is 16.7. The van der Waals surface area contributed by atoms with E-state index in [0.717, 1.165) is 16.9 Å². The fourth-order valence-electron chi connectivity index (χ4n) is 3.11. The summed E-state index contributed by atoms with van der Waals surface area (Å²) in [6.07, 6.45) is 3.55. The SMILES string of the molecule is Cc1cccc(-c2nc(Nc3ccnc(Nc4ccc(N)cc4)n3)c3cccn3n2)n1. The molecule has 0 fully saturated rings. The molecule has 0 radical (unpaired) electrons. The average Bonchev–Trinajstić information content (AvgIpc) is 3.25. The van der Waals surface area contributed by atoms with E-state index in [9.17, 15) is 0 Å². The van der Waals surface area contributed by atoms with Crippen molar-refractivity contribution in [3.8, 4) is 11.5 Å². The molecule has 9 nitrogen and oxygen atoms in total. The Bertz CT molecular complexity index is 1360. The van der Waals surface area contributed by atoms with E-state index >= 15 is 0 Å². The van der Waals surface area contributed by atoms with Crippen LogP contribution in [0.25, 0.3) is 17.0 Å². The fourth-order valence-corrected chi connectivity index (χ4v) is 3.11. The Morgan fingerprint density at radius 1 is 0.871 bits per heavy atom. The first-order valence-corrected chi connectivity index (χ1v) is 9.66. The summed E-state index contributed by atoms with van der Waals surface area (Å²) < 4.78 is 1.77. The lowest BCUT2D eigenvalue weighted by atomic mass is 10.3. The maximum Gasteiger partial charge on any atom is 0.229 e. The quantitative estimate of drug-likeness (QED) is 0.373. The van der Waals surface area contributed by atoms with Gasteiger partial charge in [0.1, 0.15) is 17.0 Å². The first-order valence-electron chi connectivity index (χ1n) is 9.66. The lowest BCUT2D eigenvalue weighted by Gasteiger charge is -2.10. The van der Waals surface area contributed by atoms with Gasteiger partial charge in [0.05, 0.1) is 0 Å². The summed E-state index contributed by atoms with van der Waals surface area (Å²) in [5.74, 6) is 2.19. The summed E-state index contributed by atoms with van der Waals surface area (Å²) in [5, 5.41) is 11.0. The highest BCUT2D eigenvalue weighted by atomic mass is 15.3. The van der Waals surface area contributed by atoms with Gasteiger partial charge in [-0.2, -0.15) is 4.98 Å². The van der Waals surface area contributed by atoms with E-state index in [0.29, 0.717) is 34.8 Å². The Kier molecular flexibility index (Phi) is 4.60. The van der Waals surface area contributed by atoms with Crippen molar-refractivity contribution < 1.29 is 0 Å². The van der Waals surface area contributed by atoms with Gasteiger partial charge in [-0.1, -0.05) is 6.07 Å². The first-order chi connectivity index (χ1) is 15.1. The third kappa shape index (κ3) is 3.97. The Morgan fingerprint density at radius 2 is 1.74 bits per heavy atom. The maximum absolute atomic E-state index is 5.74. The number of hydrogen-bond donors (Lipinski definition) is 3. The van der Waals surface area contributed by atoms with Crippen LogP contribution in [0, 0.1) is 6.92 Å². The second-order valence-corrected chi connectivity index (χ2v) is 6.92. The lowest BCUT2D eigenvalue weighted by molar-refractivity contribution is 0.908. The Labute approximate surface area is 178 Å². The smallest absolute Gasteiger partial charge is 0.229 e. The number of benzene rings is 1. The molecule has 31 heavy (non-hydrogen) atoms. The van der Waals surface area contributed by atoms with Crippen molar-refractivity contribution in [3.63, 3.8) is 0 Å². The number of nitrogens with one attached hydrogen (secondary N) is 2. The summed E-state index contributed by atoms with van der Waals surface area (Å²) in [7, 11) is 0. The zero-order valence-electron chi connectivity index (χ0n) is 16.7. The minimum atomic E-state index is 0.454. The van der Waals surface area contributed by atoms with Crippen LogP contribution >= 0.6 is 0 Å². The van der Waals surface area contributed by atoms with Crippen LogP contribution in [0.4, 0.5) is 29.0 Å². The normalized spacial score (nSPS) is 10.9. The van der Waals surface area contributed by atoms with Gasteiger partial charge in [0, 0.05) is 29.5 Å². The van der Waals surface area contributed by atoms with Crippen molar-refractivity contribution in [2.45, 2.75) is 6.92 Å². The van der Waals surface area contributed by atoms with Crippen molar-refractivity contribution in [2.75, 3.05) is 16.4 Å². The van der Waals surface area contributed by atoms with Crippen molar-refractivity contribution >= 4 is 34.5 Å². The fraction of sp³-hybridized carbons (Fsp3) is 0.0455. The molecular weight excluding hydrogens is 390 g/mol. The minimum Gasteiger partial charge on any atom is -0.399 e. The van der Waals surface area contributed by atoms with Crippen molar-refractivity contribution in [2.24, 2.45) is 0 Å². The van der Waals surface area contributed by atoms with Crippen LogP contribution in [0.3, 0.4) is 0 Å². The number of nitrogens with two attached hydrogens (primary N) is 1. The summed E-state index contributed by atoms with van der Waals surface area (Å²) >= 11 is 0. The minimum absolute atomic E-state index is 0.454. The average molecular weight is 409 g/mol. The van der Waals surface area contributed by atoms with Gasteiger partial charge >= 0.3 is 0 Å². The monoisotopic (exact) mass is 409 g/mol. The van der Waals surface area contributed by atoms with Crippen LogP contribution in [-0.2, 0) is 0 Å². The number of pyridine rings is 1. The van der Waals surface area contributed by atoms with E-state index in [1.54, 1.807) is 16.8 Å². The highest BCUT2D eigenvalue weighted by molar-refractivity contribution is 5.74. The molecule has 0 saturated carbocycles. The van der Waals surface area contributed by atoms with Gasteiger partial charge in [-0.05, 0) is 61.5 Å². The Balaban J connectivity index is 1.47. The number of nitrogens with zero attached hydrogens (tertiary/aromatic N) is 6. The number of hydrogen-bond acceptors (Lipinski definition) is 8. The molecule has 0 atom stereocenters. The van der Waals surface area contributed by atoms with Crippen LogP contribution < -0.4 is 16.4 Å². The number of rotatable bonds is 5.